The quantitative estimate of drug-likeness (QED) is 0.388. The molecule has 1 saturated heterocycles. The lowest BCUT2D eigenvalue weighted by Crippen LogP contribution is -2.48. The van der Waals surface area contributed by atoms with Crippen LogP contribution in [0.4, 0.5) is 0 Å². The highest BCUT2D eigenvalue weighted by molar-refractivity contribution is 5.94. The maximum atomic E-state index is 13.3. The fourth-order valence-electron chi connectivity index (χ4n) is 4.52. The summed E-state index contributed by atoms with van der Waals surface area (Å²) < 4.78 is 11.9. The summed E-state index contributed by atoms with van der Waals surface area (Å²) in [6.07, 6.45) is 4.35. The number of carbonyl (C=O) groups excluding carboxylic acids is 1. The van der Waals surface area contributed by atoms with E-state index in [1.807, 2.05) is 60.4 Å². The molecule has 1 fully saturated rings. The number of hydrogen-bond donors (Lipinski definition) is 0. The molecular weight excluding hydrogens is 448 g/mol. The molecule has 188 valence electrons. The number of nitrogens with zero attached hydrogens (tertiary/aromatic N) is 2. The maximum Gasteiger partial charge on any atom is 0.253 e. The van der Waals surface area contributed by atoms with E-state index < -0.39 is 0 Å². The summed E-state index contributed by atoms with van der Waals surface area (Å²) >= 11 is 0. The van der Waals surface area contributed by atoms with Crippen LogP contribution in [0.3, 0.4) is 0 Å². The van der Waals surface area contributed by atoms with Crippen LogP contribution in [-0.4, -0.2) is 55.0 Å². The van der Waals surface area contributed by atoms with Crippen LogP contribution in [0.1, 0.15) is 39.5 Å². The molecule has 0 aliphatic carbocycles. The molecule has 1 aliphatic rings. The van der Waals surface area contributed by atoms with Gasteiger partial charge in [0.15, 0.2) is 0 Å². The second-order valence-corrected chi connectivity index (χ2v) is 9.27. The third-order valence-electron chi connectivity index (χ3n) is 6.33. The topological polar surface area (TPSA) is 42.0 Å². The molecule has 0 bridgehead atoms. The Labute approximate surface area is 215 Å². The van der Waals surface area contributed by atoms with Gasteiger partial charge >= 0.3 is 0 Å². The highest BCUT2D eigenvalue weighted by Crippen LogP contribution is 2.25. The summed E-state index contributed by atoms with van der Waals surface area (Å²) in [6, 6.07) is 22.2. The molecule has 1 amide bonds. The Balaban J connectivity index is 1.36. The molecule has 4 rings (SSSR count). The number of aryl methyl sites for hydroxylation is 2. The van der Waals surface area contributed by atoms with Crippen molar-refractivity contribution >= 4 is 12.0 Å². The Bertz CT molecular complexity index is 1160. The van der Waals surface area contributed by atoms with Crippen molar-refractivity contribution in [3.05, 3.63) is 101 Å². The van der Waals surface area contributed by atoms with E-state index in [2.05, 4.69) is 49.1 Å². The first-order chi connectivity index (χ1) is 17.5. The monoisotopic (exact) mass is 484 g/mol. The van der Waals surface area contributed by atoms with Crippen molar-refractivity contribution in [3.63, 3.8) is 0 Å². The second kappa shape index (κ2) is 12.4. The van der Waals surface area contributed by atoms with Crippen molar-refractivity contribution in [1.29, 1.82) is 0 Å². The molecule has 5 nitrogen and oxygen atoms in total. The van der Waals surface area contributed by atoms with E-state index in [1.165, 1.54) is 5.56 Å². The zero-order valence-corrected chi connectivity index (χ0v) is 21.6. The van der Waals surface area contributed by atoms with Crippen LogP contribution in [0.5, 0.6) is 11.5 Å². The predicted molar refractivity (Wildman–Crippen MR) is 146 cm³/mol. The van der Waals surface area contributed by atoms with E-state index in [0.717, 1.165) is 60.9 Å². The molecule has 1 heterocycles. The van der Waals surface area contributed by atoms with Crippen molar-refractivity contribution < 1.29 is 14.3 Å². The summed E-state index contributed by atoms with van der Waals surface area (Å²) in [7, 11) is 0. The minimum absolute atomic E-state index is 0.0603. The molecule has 5 heteroatoms. The maximum absolute atomic E-state index is 13.3. The molecule has 36 heavy (non-hydrogen) atoms. The molecule has 0 atom stereocenters. The van der Waals surface area contributed by atoms with Gasteiger partial charge in [-0.1, -0.05) is 48.6 Å². The van der Waals surface area contributed by atoms with E-state index in [1.54, 1.807) is 0 Å². The van der Waals surface area contributed by atoms with E-state index in [9.17, 15) is 4.79 Å². The zero-order valence-electron chi connectivity index (χ0n) is 21.6. The number of amides is 1. The standard InChI is InChI=1S/C31H36N2O3/c1-4-35-30-13-12-27(22-28(30)23-36-29-20-24(2)19-25(3)21-29)31(34)33-17-15-32(16-18-33)14-8-11-26-9-6-5-7-10-26/h5-13,19-22H,4,14-18,23H2,1-3H3/b11-8+. The second-order valence-electron chi connectivity index (χ2n) is 9.27. The van der Waals surface area contributed by atoms with Gasteiger partial charge in [0.1, 0.15) is 18.1 Å². The Kier molecular flexibility index (Phi) is 8.80. The largest absolute Gasteiger partial charge is 0.493 e. The molecular formula is C31H36N2O3. The first-order valence-corrected chi connectivity index (χ1v) is 12.7. The van der Waals surface area contributed by atoms with Crippen LogP contribution < -0.4 is 9.47 Å². The van der Waals surface area contributed by atoms with E-state index in [0.29, 0.717) is 18.8 Å². The van der Waals surface area contributed by atoms with Gasteiger partial charge in [-0.15, -0.1) is 0 Å². The Morgan fingerprint density at radius 3 is 2.31 bits per heavy atom. The van der Waals surface area contributed by atoms with Crippen LogP contribution in [0.25, 0.3) is 6.08 Å². The normalized spacial score (nSPS) is 14.2. The lowest BCUT2D eigenvalue weighted by Gasteiger charge is -2.34. The lowest BCUT2D eigenvalue weighted by atomic mass is 10.1. The van der Waals surface area contributed by atoms with Gasteiger partial charge in [0.25, 0.3) is 5.91 Å². The molecule has 0 N–H and O–H groups in total. The highest BCUT2D eigenvalue weighted by atomic mass is 16.5. The molecule has 3 aromatic rings. The van der Waals surface area contributed by atoms with Crippen LogP contribution in [0.15, 0.2) is 72.8 Å². The molecule has 0 spiro atoms. The van der Waals surface area contributed by atoms with Crippen molar-refractivity contribution in [2.45, 2.75) is 27.4 Å². The predicted octanol–water partition coefficient (Wildman–Crippen LogP) is 5.75. The minimum Gasteiger partial charge on any atom is -0.493 e. The van der Waals surface area contributed by atoms with Crippen LogP contribution in [0, 0.1) is 13.8 Å². The average Bonchev–Trinajstić information content (AvgIpc) is 2.88. The third-order valence-corrected chi connectivity index (χ3v) is 6.33. The van der Waals surface area contributed by atoms with Crippen molar-refractivity contribution in [2.75, 3.05) is 39.3 Å². The van der Waals surface area contributed by atoms with E-state index in [4.69, 9.17) is 9.47 Å². The van der Waals surface area contributed by atoms with Crippen LogP contribution in [0.2, 0.25) is 0 Å². The molecule has 0 radical (unpaired) electrons. The average molecular weight is 485 g/mol. The molecule has 0 aromatic heterocycles. The van der Waals surface area contributed by atoms with Gasteiger partial charge in [-0.25, -0.2) is 0 Å². The minimum atomic E-state index is 0.0603. The molecule has 1 aliphatic heterocycles. The number of benzene rings is 3. The highest BCUT2D eigenvalue weighted by Gasteiger charge is 2.22. The van der Waals surface area contributed by atoms with E-state index in [-0.39, 0.29) is 5.91 Å². The number of carbonyl (C=O) groups is 1. The summed E-state index contributed by atoms with van der Waals surface area (Å²) in [4.78, 5) is 17.6. The van der Waals surface area contributed by atoms with Gasteiger partial charge in [-0.3, -0.25) is 9.69 Å². The summed E-state index contributed by atoms with van der Waals surface area (Å²) in [6.45, 7) is 11.1. The number of piperazine rings is 1. The number of rotatable bonds is 9. The Hall–Kier alpha value is -3.57. The first-order valence-electron chi connectivity index (χ1n) is 12.7. The molecule has 0 saturated carbocycles. The number of ether oxygens (including phenoxy) is 2. The van der Waals surface area contributed by atoms with Gasteiger partial charge in [0.05, 0.1) is 6.61 Å². The fraction of sp³-hybridized carbons (Fsp3) is 0.323. The SMILES string of the molecule is CCOc1ccc(C(=O)N2CCN(C/C=C/c3ccccc3)CC2)cc1COc1cc(C)cc(C)c1. The Morgan fingerprint density at radius 1 is 0.889 bits per heavy atom. The summed E-state index contributed by atoms with van der Waals surface area (Å²) in [5.74, 6) is 1.64. The fourth-order valence-corrected chi connectivity index (χ4v) is 4.52. The molecule has 3 aromatic carbocycles. The lowest BCUT2D eigenvalue weighted by molar-refractivity contribution is 0.0650. The Morgan fingerprint density at radius 2 is 1.61 bits per heavy atom. The van der Waals surface area contributed by atoms with Gasteiger partial charge in [0.2, 0.25) is 0 Å². The number of hydrogen-bond acceptors (Lipinski definition) is 4. The van der Waals surface area contributed by atoms with Crippen molar-refractivity contribution in [3.8, 4) is 11.5 Å². The van der Waals surface area contributed by atoms with Gasteiger partial charge in [0, 0.05) is 43.9 Å². The first kappa shape index (κ1) is 25.5. The third kappa shape index (κ3) is 6.98. The van der Waals surface area contributed by atoms with E-state index >= 15 is 0 Å². The summed E-state index contributed by atoms with van der Waals surface area (Å²) in [5.41, 5.74) is 5.09. The van der Waals surface area contributed by atoms with Crippen LogP contribution in [-0.2, 0) is 6.61 Å². The van der Waals surface area contributed by atoms with Crippen molar-refractivity contribution in [1.82, 2.24) is 9.80 Å². The van der Waals surface area contributed by atoms with Crippen molar-refractivity contribution in [2.24, 2.45) is 0 Å². The van der Waals surface area contributed by atoms with Gasteiger partial charge < -0.3 is 14.4 Å². The molecule has 0 unspecified atom stereocenters. The smallest absolute Gasteiger partial charge is 0.253 e. The zero-order chi connectivity index (χ0) is 25.3. The van der Waals surface area contributed by atoms with Crippen LogP contribution >= 0.6 is 0 Å². The van der Waals surface area contributed by atoms with Gasteiger partial charge in [-0.2, -0.15) is 0 Å². The summed E-state index contributed by atoms with van der Waals surface area (Å²) in [5, 5.41) is 0. The van der Waals surface area contributed by atoms with Gasteiger partial charge in [-0.05, 0) is 67.8 Å².